The number of carbonyl (C=O) groups is 1. The van der Waals surface area contributed by atoms with Crippen molar-refractivity contribution in [2.75, 3.05) is 32.6 Å². The number of anilines is 1. The number of benzene rings is 2. The third-order valence-electron chi connectivity index (χ3n) is 5.82. The number of hydrogen-bond donors (Lipinski definition) is 2. The molecule has 0 atom stereocenters. The highest BCUT2D eigenvalue weighted by Crippen LogP contribution is 2.34. The quantitative estimate of drug-likeness (QED) is 0.852. The van der Waals surface area contributed by atoms with E-state index in [0.717, 1.165) is 66.4 Å². The van der Waals surface area contributed by atoms with E-state index >= 15 is 0 Å². The van der Waals surface area contributed by atoms with Gasteiger partial charge < -0.3 is 20.1 Å². The first kappa shape index (κ1) is 18.6. The van der Waals surface area contributed by atoms with E-state index < -0.39 is 0 Å². The summed E-state index contributed by atoms with van der Waals surface area (Å²) in [4.78, 5) is 15.1. The second-order valence-corrected chi connectivity index (χ2v) is 7.61. The minimum absolute atomic E-state index is 0.0251. The number of likely N-dealkylation sites (tertiary alicyclic amines) is 1. The van der Waals surface area contributed by atoms with E-state index in [1.165, 1.54) is 0 Å². The van der Waals surface area contributed by atoms with Gasteiger partial charge in [-0.25, -0.2) is 0 Å². The highest BCUT2D eigenvalue weighted by Gasteiger charge is 2.40. The molecule has 0 aliphatic carbocycles. The number of ether oxygens (including phenoxy) is 2. The number of carbonyl (C=O) groups excluding carboxylic acids is 1. The Morgan fingerprint density at radius 2 is 1.86 bits per heavy atom. The lowest BCUT2D eigenvalue weighted by Gasteiger charge is -2.46. The van der Waals surface area contributed by atoms with E-state index in [2.05, 4.69) is 21.6 Å². The molecule has 6 heteroatoms. The van der Waals surface area contributed by atoms with Crippen molar-refractivity contribution in [2.24, 2.45) is 0 Å². The van der Waals surface area contributed by atoms with E-state index in [1.54, 1.807) is 14.2 Å². The van der Waals surface area contributed by atoms with Crippen LogP contribution in [0.1, 0.15) is 34.3 Å². The number of piperidine rings is 1. The van der Waals surface area contributed by atoms with Gasteiger partial charge in [-0.1, -0.05) is 18.2 Å². The second kappa shape index (κ2) is 7.36. The molecule has 0 bridgehead atoms. The van der Waals surface area contributed by atoms with Gasteiger partial charge in [0.25, 0.3) is 5.91 Å². The molecule has 1 amide bonds. The average molecular weight is 381 g/mol. The molecule has 2 aliphatic rings. The summed E-state index contributed by atoms with van der Waals surface area (Å²) < 4.78 is 10.8. The molecule has 0 radical (unpaired) electrons. The number of fused-ring (bicyclic) bond motifs is 1. The second-order valence-electron chi connectivity index (χ2n) is 7.61. The van der Waals surface area contributed by atoms with Crippen LogP contribution >= 0.6 is 0 Å². The molecular weight excluding hydrogens is 354 g/mol. The molecule has 0 unspecified atom stereocenters. The van der Waals surface area contributed by atoms with Crippen molar-refractivity contribution in [3.63, 3.8) is 0 Å². The Labute approximate surface area is 165 Å². The minimum atomic E-state index is -0.363. The molecule has 2 N–H and O–H groups in total. The lowest BCUT2D eigenvalue weighted by atomic mass is 9.91. The predicted octanol–water partition coefficient (Wildman–Crippen LogP) is 3.16. The summed E-state index contributed by atoms with van der Waals surface area (Å²) in [5, 5.41) is 6.84. The van der Waals surface area contributed by atoms with Crippen molar-refractivity contribution in [3.8, 4) is 11.5 Å². The van der Waals surface area contributed by atoms with Gasteiger partial charge in [0.2, 0.25) is 0 Å². The first-order chi connectivity index (χ1) is 13.5. The molecule has 6 nitrogen and oxygen atoms in total. The van der Waals surface area contributed by atoms with Gasteiger partial charge in [0.15, 0.2) is 0 Å². The van der Waals surface area contributed by atoms with Crippen LogP contribution < -0.4 is 20.1 Å². The van der Waals surface area contributed by atoms with Crippen molar-refractivity contribution in [3.05, 3.63) is 53.1 Å². The van der Waals surface area contributed by atoms with Gasteiger partial charge >= 0.3 is 0 Å². The first-order valence-corrected chi connectivity index (χ1v) is 9.67. The highest BCUT2D eigenvalue weighted by molar-refractivity contribution is 6.03. The Balaban J connectivity index is 1.45. The van der Waals surface area contributed by atoms with Crippen LogP contribution in [0.5, 0.6) is 11.5 Å². The van der Waals surface area contributed by atoms with Gasteiger partial charge in [-0.05, 0) is 24.6 Å². The molecule has 0 saturated carbocycles. The fraction of sp³-hybridized carbons (Fsp3) is 0.409. The first-order valence-electron chi connectivity index (χ1n) is 9.67. The smallest absolute Gasteiger partial charge is 0.255 e. The van der Waals surface area contributed by atoms with Crippen LogP contribution in [-0.4, -0.2) is 43.8 Å². The number of nitrogens with one attached hydrogen (secondary N) is 2. The van der Waals surface area contributed by atoms with Gasteiger partial charge in [0.05, 0.1) is 19.8 Å². The monoisotopic (exact) mass is 381 g/mol. The van der Waals surface area contributed by atoms with Crippen molar-refractivity contribution >= 4 is 11.6 Å². The Bertz CT molecular complexity index is 889. The SMILES string of the molecule is COc1ccc(CN2CCC3(CC2)NC(=O)c2c(C)cccc2N3)c(OC)c1. The van der Waals surface area contributed by atoms with Gasteiger partial charge in [-0.2, -0.15) is 0 Å². The molecule has 1 saturated heterocycles. The van der Waals surface area contributed by atoms with E-state index in [4.69, 9.17) is 9.47 Å². The highest BCUT2D eigenvalue weighted by atomic mass is 16.5. The summed E-state index contributed by atoms with van der Waals surface area (Å²) in [7, 11) is 3.34. The van der Waals surface area contributed by atoms with Crippen LogP contribution in [0, 0.1) is 6.92 Å². The van der Waals surface area contributed by atoms with Gasteiger partial charge in [0, 0.05) is 49.8 Å². The molecule has 28 heavy (non-hydrogen) atoms. The molecule has 148 valence electrons. The zero-order valence-corrected chi connectivity index (χ0v) is 16.7. The molecule has 1 fully saturated rings. The Kier molecular flexibility index (Phi) is 4.89. The third-order valence-corrected chi connectivity index (χ3v) is 5.82. The Hall–Kier alpha value is -2.73. The maximum absolute atomic E-state index is 12.7. The van der Waals surface area contributed by atoms with Crippen molar-refractivity contribution in [2.45, 2.75) is 32.0 Å². The maximum Gasteiger partial charge on any atom is 0.255 e. The number of hydrogen-bond acceptors (Lipinski definition) is 5. The fourth-order valence-electron chi connectivity index (χ4n) is 4.21. The molecule has 4 rings (SSSR count). The summed E-state index contributed by atoms with van der Waals surface area (Å²) in [6.45, 7) is 4.57. The summed E-state index contributed by atoms with van der Waals surface area (Å²) in [5.74, 6) is 1.66. The molecular formula is C22H27N3O3. The molecule has 0 aromatic heterocycles. The van der Waals surface area contributed by atoms with Crippen molar-refractivity contribution in [1.82, 2.24) is 10.2 Å². The van der Waals surface area contributed by atoms with E-state index in [-0.39, 0.29) is 11.6 Å². The minimum Gasteiger partial charge on any atom is -0.497 e. The maximum atomic E-state index is 12.7. The molecule has 2 aromatic rings. The van der Waals surface area contributed by atoms with Crippen LogP contribution in [0.15, 0.2) is 36.4 Å². The Morgan fingerprint density at radius 3 is 2.57 bits per heavy atom. The van der Waals surface area contributed by atoms with Crippen molar-refractivity contribution < 1.29 is 14.3 Å². The van der Waals surface area contributed by atoms with Gasteiger partial charge in [-0.3, -0.25) is 9.69 Å². The normalized spacial score (nSPS) is 18.2. The van der Waals surface area contributed by atoms with E-state index in [1.807, 2.05) is 37.3 Å². The number of methoxy groups -OCH3 is 2. The lowest BCUT2D eigenvalue weighted by Crippen LogP contribution is -2.62. The predicted molar refractivity (Wildman–Crippen MR) is 109 cm³/mol. The zero-order valence-electron chi connectivity index (χ0n) is 16.7. The number of amides is 1. The number of rotatable bonds is 4. The number of aryl methyl sites for hydroxylation is 1. The average Bonchev–Trinajstić information content (AvgIpc) is 2.70. The van der Waals surface area contributed by atoms with Crippen LogP contribution in [0.3, 0.4) is 0 Å². The van der Waals surface area contributed by atoms with E-state index in [0.29, 0.717) is 0 Å². The zero-order chi connectivity index (χ0) is 19.7. The summed E-state index contributed by atoms with van der Waals surface area (Å²) >= 11 is 0. The number of nitrogens with zero attached hydrogens (tertiary/aromatic N) is 1. The topological polar surface area (TPSA) is 62.8 Å². The van der Waals surface area contributed by atoms with Crippen LogP contribution in [0.4, 0.5) is 5.69 Å². The third kappa shape index (κ3) is 3.40. The summed E-state index contributed by atoms with van der Waals surface area (Å²) in [6, 6.07) is 11.9. The Morgan fingerprint density at radius 1 is 1.07 bits per heavy atom. The molecule has 2 aliphatic heterocycles. The largest absolute Gasteiger partial charge is 0.497 e. The fourth-order valence-corrected chi connectivity index (χ4v) is 4.21. The summed E-state index contributed by atoms with van der Waals surface area (Å²) in [6.07, 6.45) is 1.70. The van der Waals surface area contributed by atoms with Crippen molar-refractivity contribution in [1.29, 1.82) is 0 Å². The molecule has 1 spiro atoms. The van der Waals surface area contributed by atoms with Crippen LogP contribution in [0.25, 0.3) is 0 Å². The summed E-state index contributed by atoms with van der Waals surface area (Å²) in [5.41, 5.74) is 3.48. The van der Waals surface area contributed by atoms with Gasteiger partial charge in [0.1, 0.15) is 17.2 Å². The van der Waals surface area contributed by atoms with Crippen LogP contribution in [-0.2, 0) is 6.54 Å². The standard InChI is InChI=1S/C22H27N3O3/c1-15-5-4-6-18-20(15)21(26)24-22(23-18)9-11-25(12-10-22)14-16-7-8-17(27-2)13-19(16)28-3/h4-8,13,23H,9-12,14H2,1-3H3,(H,24,26). The van der Waals surface area contributed by atoms with E-state index in [9.17, 15) is 4.79 Å². The van der Waals surface area contributed by atoms with Crippen LogP contribution in [0.2, 0.25) is 0 Å². The molecule has 2 heterocycles. The van der Waals surface area contributed by atoms with Gasteiger partial charge in [-0.15, -0.1) is 0 Å². The molecule has 2 aromatic carbocycles. The lowest BCUT2D eigenvalue weighted by molar-refractivity contribution is 0.0821.